The smallest absolute Gasteiger partial charge is 0.151 e. The highest BCUT2D eigenvalue weighted by atomic mass is 79.9. The number of sulfone groups is 1. The van der Waals surface area contributed by atoms with Crippen molar-refractivity contribution < 1.29 is 8.42 Å². The molecule has 0 bridgehead atoms. The second kappa shape index (κ2) is 6.36. The van der Waals surface area contributed by atoms with Gasteiger partial charge in [-0.3, -0.25) is 0 Å². The SMILES string of the molecule is CC(CCBr)CCN(C)C1CCS(=O)(=O)C1. The molecule has 2 unspecified atom stereocenters. The first-order valence-electron chi connectivity index (χ1n) is 5.91. The van der Waals surface area contributed by atoms with Gasteiger partial charge in [-0.1, -0.05) is 22.9 Å². The summed E-state index contributed by atoms with van der Waals surface area (Å²) in [6, 6.07) is 0.251. The third kappa shape index (κ3) is 4.72. The molecule has 0 aromatic rings. The zero-order valence-electron chi connectivity index (χ0n) is 10.2. The highest BCUT2D eigenvalue weighted by molar-refractivity contribution is 9.09. The van der Waals surface area contributed by atoms with Crippen molar-refractivity contribution in [1.29, 1.82) is 0 Å². The van der Waals surface area contributed by atoms with Crippen molar-refractivity contribution in [2.75, 3.05) is 30.4 Å². The largest absolute Gasteiger partial charge is 0.302 e. The van der Waals surface area contributed by atoms with E-state index in [1.165, 1.54) is 6.42 Å². The minimum atomic E-state index is -2.74. The lowest BCUT2D eigenvalue weighted by Crippen LogP contribution is -2.34. The first kappa shape index (κ1) is 14.5. The lowest BCUT2D eigenvalue weighted by molar-refractivity contribution is 0.243. The normalized spacial score (nSPS) is 26.1. The van der Waals surface area contributed by atoms with Crippen LogP contribution in [-0.2, 0) is 9.84 Å². The number of halogens is 1. The first-order valence-corrected chi connectivity index (χ1v) is 8.85. The Bertz CT molecular complexity index is 305. The van der Waals surface area contributed by atoms with Crippen LogP contribution in [0.5, 0.6) is 0 Å². The minimum Gasteiger partial charge on any atom is -0.302 e. The van der Waals surface area contributed by atoms with Crippen LogP contribution >= 0.6 is 15.9 Å². The number of nitrogens with zero attached hydrogens (tertiary/aromatic N) is 1. The highest BCUT2D eigenvalue weighted by Gasteiger charge is 2.30. The van der Waals surface area contributed by atoms with E-state index in [0.717, 1.165) is 24.7 Å². The molecule has 0 aromatic carbocycles. The average molecular weight is 312 g/mol. The summed E-state index contributed by atoms with van der Waals surface area (Å²) in [5.41, 5.74) is 0. The molecule has 0 amide bonds. The van der Waals surface area contributed by atoms with Gasteiger partial charge in [0.25, 0.3) is 0 Å². The second-order valence-corrected chi connectivity index (χ2v) is 7.93. The van der Waals surface area contributed by atoms with Gasteiger partial charge in [0.1, 0.15) is 0 Å². The van der Waals surface area contributed by atoms with Gasteiger partial charge in [0.05, 0.1) is 11.5 Å². The summed E-state index contributed by atoms with van der Waals surface area (Å²) >= 11 is 3.45. The lowest BCUT2D eigenvalue weighted by Gasteiger charge is -2.24. The van der Waals surface area contributed by atoms with Gasteiger partial charge >= 0.3 is 0 Å². The van der Waals surface area contributed by atoms with Gasteiger partial charge < -0.3 is 4.90 Å². The third-order valence-corrected chi connectivity index (χ3v) is 5.62. The lowest BCUT2D eigenvalue weighted by atomic mass is 10.0. The van der Waals surface area contributed by atoms with Crippen LogP contribution in [0.3, 0.4) is 0 Å². The third-order valence-electron chi connectivity index (χ3n) is 3.41. The predicted octanol–water partition coefficient (Wildman–Crippen LogP) is 1.92. The van der Waals surface area contributed by atoms with Crippen molar-refractivity contribution in [3.8, 4) is 0 Å². The van der Waals surface area contributed by atoms with E-state index in [1.807, 2.05) is 7.05 Å². The zero-order chi connectivity index (χ0) is 12.2. The fraction of sp³-hybridized carbons (Fsp3) is 1.00. The summed E-state index contributed by atoms with van der Waals surface area (Å²) in [7, 11) is -0.690. The summed E-state index contributed by atoms with van der Waals surface area (Å²) in [5.74, 6) is 1.44. The number of hydrogen-bond donors (Lipinski definition) is 0. The Labute approximate surface area is 108 Å². The summed E-state index contributed by atoms with van der Waals surface area (Å²) in [6.45, 7) is 3.26. The molecule has 3 nitrogen and oxygen atoms in total. The molecule has 16 heavy (non-hydrogen) atoms. The van der Waals surface area contributed by atoms with E-state index in [-0.39, 0.29) is 6.04 Å². The first-order chi connectivity index (χ1) is 7.44. The summed E-state index contributed by atoms with van der Waals surface area (Å²) in [6.07, 6.45) is 3.15. The van der Waals surface area contributed by atoms with E-state index in [0.29, 0.717) is 17.4 Å². The topological polar surface area (TPSA) is 37.4 Å². The van der Waals surface area contributed by atoms with Crippen molar-refractivity contribution in [2.45, 2.75) is 32.2 Å². The molecule has 5 heteroatoms. The van der Waals surface area contributed by atoms with E-state index in [1.54, 1.807) is 0 Å². The van der Waals surface area contributed by atoms with Gasteiger partial charge in [0.15, 0.2) is 9.84 Å². The summed E-state index contributed by atoms with van der Waals surface area (Å²) in [5, 5.41) is 1.05. The fourth-order valence-electron chi connectivity index (χ4n) is 2.06. The summed E-state index contributed by atoms with van der Waals surface area (Å²) < 4.78 is 22.7. The van der Waals surface area contributed by atoms with Crippen LogP contribution < -0.4 is 0 Å². The molecule has 0 saturated carbocycles. The van der Waals surface area contributed by atoms with Crippen LogP contribution in [0.1, 0.15) is 26.2 Å². The van der Waals surface area contributed by atoms with Crippen LogP contribution in [0.25, 0.3) is 0 Å². The molecule has 1 heterocycles. The minimum absolute atomic E-state index is 0.251. The highest BCUT2D eigenvalue weighted by Crippen LogP contribution is 2.18. The Morgan fingerprint density at radius 1 is 1.44 bits per heavy atom. The molecular formula is C11H22BrNO2S. The number of rotatable bonds is 6. The van der Waals surface area contributed by atoms with Crippen molar-refractivity contribution in [1.82, 2.24) is 4.90 Å². The van der Waals surface area contributed by atoms with Crippen molar-refractivity contribution in [2.24, 2.45) is 5.92 Å². The molecule has 1 aliphatic heterocycles. The predicted molar refractivity (Wildman–Crippen MR) is 71.9 cm³/mol. The second-order valence-electron chi connectivity index (χ2n) is 4.91. The van der Waals surface area contributed by atoms with Crippen molar-refractivity contribution in [3.63, 3.8) is 0 Å². The van der Waals surface area contributed by atoms with Crippen LogP contribution in [0.15, 0.2) is 0 Å². The Kier molecular flexibility index (Phi) is 5.74. The van der Waals surface area contributed by atoms with Crippen LogP contribution in [-0.4, -0.2) is 49.8 Å². The molecule has 2 atom stereocenters. The van der Waals surface area contributed by atoms with Crippen LogP contribution in [0.4, 0.5) is 0 Å². The van der Waals surface area contributed by atoms with Gasteiger partial charge in [0, 0.05) is 11.4 Å². The molecule has 1 rings (SSSR count). The summed E-state index contributed by atoms with van der Waals surface area (Å²) in [4.78, 5) is 2.22. The molecular weight excluding hydrogens is 290 g/mol. The maximum atomic E-state index is 11.4. The molecule has 1 saturated heterocycles. The monoisotopic (exact) mass is 311 g/mol. The van der Waals surface area contributed by atoms with Crippen LogP contribution in [0, 0.1) is 5.92 Å². The molecule has 0 N–H and O–H groups in total. The van der Waals surface area contributed by atoms with Gasteiger partial charge in [0.2, 0.25) is 0 Å². The molecule has 96 valence electrons. The maximum Gasteiger partial charge on any atom is 0.151 e. The van der Waals surface area contributed by atoms with Gasteiger partial charge in [-0.25, -0.2) is 8.42 Å². The van der Waals surface area contributed by atoms with Gasteiger partial charge in [-0.2, -0.15) is 0 Å². The molecule has 1 fully saturated rings. The Morgan fingerprint density at radius 2 is 2.12 bits per heavy atom. The number of hydrogen-bond acceptors (Lipinski definition) is 3. The van der Waals surface area contributed by atoms with E-state index < -0.39 is 9.84 Å². The molecule has 0 spiro atoms. The fourth-order valence-corrected chi connectivity index (χ4v) is 4.65. The Balaban J connectivity index is 2.28. The number of alkyl halides is 1. The van der Waals surface area contributed by atoms with Crippen molar-refractivity contribution >= 4 is 25.8 Å². The van der Waals surface area contributed by atoms with E-state index in [4.69, 9.17) is 0 Å². The Hall–Kier alpha value is 0.390. The maximum absolute atomic E-state index is 11.4. The average Bonchev–Trinajstić information content (AvgIpc) is 2.56. The zero-order valence-corrected chi connectivity index (χ0v) is 12.6. The standard InChI is InChI=1S/C11H22BrNO2S/c1-10(3-6-12)4-7-13(2)11-5-8-16(14,15)9-11/h10-11H,3-9H2,1-2H3. The van der Waals surface area contributed by atoms with Gasteiger partial charge in [-0.15, -0.1) is 0 Å². The van der Waals surface area contributed by atoms with E-state index >= 15 is 0 Å². The molecule has 0 aliphatic carbocycles. The molecule has 0 radical (unpaired) electrons. The molecule has 0 aromatic heterocycles. The van der Waals surface area contributed by atoms with E-state index in [9.17, 15) is 8.42 Å². The van der Waals surface area contributed by atoms with E-state index in [2.05, 4.69) is 27.8 Å². The Morgan fingerprint density at radius 3 is 2.62 bits per heavy atom. The quantitative estimate of drug-likeness (QED) is 0.703. The molecule has 1 aliphatic rings. The van der Waals surface area contributed by atoms with Crippen molar-refractivity contribution in [3.05, 3.63) is 0 Å². The van der Waals surface area contributed by atoms with Crippen LogP contribution in [0.2, 0.25) is 0 Å². The van der Waals surface area contributed by atoms with Gasteiger partial charge in [-0.05, 0) is 38.8 Å².